The summed E-state index contributed by atoms with van der Waals surface area (Å²) in [7, 11) is 0. The lowest BCUT2D eigenvalue weighted by Crippen LogP contribution is -2.43. The number of alkyl halides is 3. The Morgan fingerprint density at radius 3 is 2.30 bits per heavy atom. The molecular weight excluding hydrogens is 305 g/mol. The Hall–Kier alpha value is -1.72. The van der Waals surface area contributed by atoms with E-state index in [1.807, 2.05) is 11.8 Å². The number of hydrogen-bond donors (Lipinski definition) is 1. The van der Waals surface area contributed by atoms with Gasteiger partial charge in [-0.25, -0.2) is 0 Å². The van der Waals surface area contributed by atoms with Gasteiger partial charge in [0.05, 0.1) is 12.1 Å². The predicted molar refractivity (Wildman–Crippen MR) is 84.2 cm³/mol. The first-order valence-electron chi connectivity index (χ1n) is 8.12. The molecule has 128 valence electrons. The van der Waals surface area contributed by atoms with Gasteiger partial charge >= 0.3 is 6.18 Å². The van der Waals surface area contributed by atoms with Gasteiger partial charge in [-0.3, -0.25) is 4.79 Å². The lowest BCUT2D eigenvalue weighted by atomic mass is 9.94. The number of nitrogens with one attached hydrogen (secondary N) is 1. The Labute approximate surface area is 134 Å². The highest BCUT2D eigenvalue weighted by Gasteiger charge is 2.30. The predicted octanol–water partition coefficient (Wildman–Crippen LogP) is 4.30. The molecule has 6 heteroatoms. The monoisotopic (exact) mass is 328 g/mol. The molecule has 23 heavy (non-hydrogen) atoms. The molecule has 0 spiro atoms. The molecule has 0 saturated heterocycles. The van der Waals surface area contributed by atoms with Crippen LogP contribution >= 0.6 is 0 Å². The molecule has 1 aliphatic carbocycles. The largest absolute Gasteiger partial charge is 0.416 e. The maximum atomic E-state index is 12.5. The fourth-order valence-corrected chi connectivity index (χ4v) is 3.09. The van der Waals surface area contributed by atoms with E-state index >= 15 is 0 Å². The molecule has 1 N–H and O–H groups in total. The summed E-state index contributed by atoms with van der Waals surface area (Å²) in [5.74, 6) is -0.000650. The van der Waals surface area contributed by atoms with E-state index in [1.54, 1.807) is 0 Å². The normalized spacial score (nSPS) is 16.2. The second-order valence-electron chi connectivity index (χ2n) is 5.90. The molecule has 0 heterocycles. The number of halogens is 3. The molecule has 0 unspecified atom stereocenters. The zero-order valence-corrected chi connectivity index (χ0v) is 13.3. The van der Waals surface area contributed by atoms with Crippen LogP contribution in [0.5, 0.6) is 0 Å². The molecule has 1 aromatic carbocycles. The Balaban J connectivity index is 1.89. The summed E-state index contributed by atoms with van der Waals surface area (Å²) in [5, 5.41) is 2.92. The first-order chi connectivity index (χ1) is 10.9. The number of rotatable bonds is 5. The third-order valence-electron chi connectivity index (χ3n) is 4.33. The first-order valence-corrected chi connectivity index (χ1v) is 8.12. The fraction of sp³-hybridized carbons (Fsp3) is 0.588. The second kappa shape index (κ2) is 7.70. The standard InChI is InChI=1S/C17H23F3N2O/c1-2-22(15-6-4-3-5-7-15)16(23)12-21-14-10-8-13(9-11-14)17(18,19)20/h8-11,15,21H,2-7,12H2,1H3. The van der Waals surface area contributed by atoms with Crippen molar-refractivity contribution in [1.82, 2.24) is 4.90 Å². The number of nitrogens with zero attached hydrogens (tertiary/aromatic N) is 1. The van der Waals surface area contributed by atoms with Gasteiger partial charge in [0.1, 0.15) is 0 Å². The van der Waals surface area contributed by atoms with E-state index in [4.69, 9.17) is 0 Å². The molecule has 1 amide bonds. The van der Waals surface area contributed by atoms with Crippen molar-refractivity contribution in [3.63, 3.8) is 0 Å². The number of anilines is 1. The third-order valence-corrected chi connectivity index (χ3v) is 4.33. The van der Waals surface area contributed by atoms with Crippen molar-refractivity contribution in [2.45, 2.75) is 51.2 Å². The third kappa shape index (κ3) is 4.88. The zero-order chi connectivity index (χ0) is 16.9. The first kappa shape index (κ1) is 17.6. The maximum Gasteiger partial charge on any atom is 0.416 e. The van der Waals surface area contributed by atoms with Gasteiger partial charge in [0, 0.05) is 18.3 Å². The average molecular weight is 328 g/mol. The van der Waals surface area contributed by atoms with Gasteiger partial charge < -0.3 is 10.2 Å². The number of carbonyl (C=O) groups is 1. The van der Waals surface area contributed by atoms with Gasteiger partial charge in [0.15, 0.2) is 0 Å². The molecule has 2 rings (SSSR count). The SMILES string of the molecule is CCN(C(=O)CNc1ccc(C(F)(F)F)cc1)C1CCCCC1. The van der Waals surface area contributed by atoms with E-state index in [0.717, 1.165) is 37.8 Å². The molecule has 1 fully saturated rings. The van der Waals surface area contributed by atoms with E-state index in [9.17, 15) is 18.0 Å². The minimum Gasteiger partial charge on any atom is -0.376 e. The molecule has 0 aromatic heterocycles. The van der Waals surface area contributed by atoms with Crippen LogP contribution in [0, 0.1) is 0 Å². The van der Waals surface area contributed by atoms with E-state index in [0.29, 0.717) is 18.3 Å². The highest BCUT2D eigenvalue weighted by molar-refractivity contribution is 5.81. The van der Waals surface area contributed by atoms with Crippen LogP contribution in [-0.4, -0.2) is 29.9 Å². The Kier molecular flexibility index (Phi) is 5.91. The Bertz CT molecular complexity index is 508. The topological polar surface area (TPSA) is 32.3 Å². The van der Waals surface area contributed by atoms with Crippen LogP contribution in [0.2, 0.25) is 0 Å². The average Bonchev–Trinajstić information content (AvgIpc) is 2.54. The van der Waals surface area contributed by atoms with Crippen LogP contribution < -0.4 is 5.32 Å². The highest BCUT2D eigenvalue weighted by Crippen LogP contribution is 2.29. The van der Waals surface area contributed by atoms with E-state index < -0.39 is 11.7 Å². The molecule has 0 bridgehead atoms. The van der Waals surface area contributed by atoms with Crippen molar-refractivity contribution in [2.24, 2.45) is 0 Å². The lowest BCUT2D eigenvalue weighted by Gasteiger charge is -2.33. The van der Waals surface area contributed by atoms with Crippen molar-refractivity contribution in [3.05, 3.63) is 29.8 Å². The summed E-state index contributed by atoms with van der Waals surface area (Å²) in [6.45, 7) is 2.73. The summed E-state index contributed by atoms with van der Waals surface area (Å²) in [6, 6.07) is 5.05. The highest BCUT2D eigenvalue weighted by atomic mass is 19.4. The van der Waals surface area contributed by atoms with Crippen LogP contribution in [0.3, 0.4) is 0 Å². The second-order valence-corrected chi connectivity index (χ2v) is 5.90. The molecule has 0 radical (unpaired) electrons. The smallest absolute Gasteiger partial charge is 0.376 e. The van der Waals surface area contributed by atoms with Gasteiger partial charge in [-0.2, -0.15) is 13.2 Å². The number of likely N-dealkylation sites (N-methyl/N-ethyl adjacent to an activating group) is 1. The van der Waals surface area contributed by atoms with Gasteiger partial charge in [-0.1, -0.05) is 19.3 Å². The van der Waals surface area contributed by atoms with Crippen LogP contribution in [0.15, 0.2) is 24.3 Å². The summed E-state index contributed by atoms with van der Waals surface area (Å²) in [6.07, 6.45) is 1.28. The quantitative estimate of drug-likeness (QED) is 0.874. The minimum atomic E-state index is -4.34. The molecule has 1 aromatic rings. The molecule has 0 aliphatic heterocycles. The van der Waals surface area contributed by atoms with Crippen molar-refractivity contribution < 1.29 is 18.0 Å². The van der Waals surface area contributed by atoms with Crippen molar-refractivity contribution in [1.29, 1.82) is 0 Å². The number of carbonyl (C=O) groups excluding carboxylic acids is 1. The van der Waals surface area contributed by atoms with Crippen LogP contribution in [0.25, 0.3) is 0 Å². The fourth-order valence-electron chi connectivity index (χ4n) is 3.09. The van der Waals surface area contributed by atoms with Gasteiger partial charge in [0.2, 0.25) is 5.91 Å². The van der Waals surface area contributed by atoms with Crippen molar-refractivity contribution in [2.75, 3.05) is 18.4 Å². The minimum absolute atomic E-state index is 0.000650. The van der Waals surface area contributed by atoms with Crippen LogP contribution in [0.4, 0.5) is 18.9 Å². The maximum absolute atomic E-state index is 12.5. The number of amides is 1. The zero-order valence-electron chi connectivity index (χ0n) is 13.3. The summed E-state index contributed by atoms with van der Waals surface area (Å²) in [5.41, 5.74) is -0.169. The molecule has 1 aliphatic rings. The van der Waals surface area contributed by atoms with E-state index in [2.05, 4.69) is 5.32 Å². The summed E-state index contributed by atoms with van der Waals surface area (Å²) >= 11 is 0. The number of benzene rings is 1. The lowest BCUT2D eigenvalue weighted by molar-refractivity contribution is -0.137. The van der Waals surface area contributed by atoms with Gasteiger partial charge in [-0.15, -0.1) is 0 Å². The Morgan fingerprint density at radius 2 is 1.78 bits per heavy atom. The van der Waals surface area contributed by atoms with Crippen LogP contribution in [0.1, 0.15) is 44.6 Å². The summed E-state index contributed by atoms with van der Waals surface area (Å²) in [4.78, 5) is 14.2. The van der Waals surface area contributed by atoms with Crippen molar-refractivity contribution >= 4 is 11.6 Å². The van der Waals surface area contributed by atoms with E-state index in [-0.39, 0.29) is 12.5 Å². The summed E-state index contributed by atoms with van der Waals surface area (Å²) < 4.78 is 37.5. The number of hydrogen-bond acceptors (Lipinski definition) is 2. The van der Waals surface area contributed by atoms with Crippen LogP contribution in [-0.2, 0) is 11.0 Å². The molecular formula is C17H23F3N2O. The van der Waals surface area contributed by atoms with Gasteiger partial charge in [0.25, 0.3) is 0 Å². The molecule has 0 atom stereocenters. The van der Waals surface area contributed by atoms with Crippen molar-refractivity contribution in [3.8, 4) is 0 Å². The molecule has 1 saturated carbocycles. The molecule has 3 nitrogen and oxygen atoms in total. The van der Waals surface area contributed by atoms with E-state index in [1.165, 1.54) is 18.6 Å². The Morgan fingerprint density at radius 1 is 1.17 bits per heavy atom. The van der Waals surface area contributed by atoms with Gasteiger partial charge in [-0.05, 0) is 44.0 Å².